The molecule has 0 aliphatic rings. The van der Waals surface area contributed by atoms with Gasteiger partial charge in [-0.3, -0.25) is 10.2 Å². The van der Waals surface area contributed by atoms with Gasteiger partial charge in [-0.2, -0.15) is 0 Å². The molecule has 0 atom stereocenters. The molecule has 0 unspecified atom stereocenters. The normalized spacial score (nSPS) is 10.7. The number of nitrogens with zero attached hydrogens (tertiary/aromatic N) is 2. The molecule has 4 heteroatoms. The van der Waals surface area contributed by atoms with Crippen molar-refractivity contribution in [2.75, 3.05) is 12.1 Å². The SMILES string of the molecule is CN=C(c1ccccc1)N(O)c1ccccc1.Cl. The van der Waals surface area contributed by atoms with Gasteiger partial charge in [0.1, 0.15) is 0 Å². The van der Waals surface area contributed by atoms with E-state index >= 15 is 0 Å². The molecule has 0 bridgehead atoms. The van der Waals surface area contributed by atoms with Crippen molar-refractivity contribution in [3.63, 3.8) is 0 Å². The van der Waals surface area contributed by atoms with Gasteiger partial charge in [0, 0.05) is 12.6 Å². The molecule has 3 nitrogen and oxygen atoms in total. The van der Waals surface area contributed by atoms with E-state index in [0.717, 1.165) is 10.6 Å². The number of halogens is 1. The fourth-order valence-electron chi connectivity index (χ4n) is 1.62. The van der Waals surface area contributed by atoms with Crippen molar-refractivity contribution in [2.45, 2.75) is 0 Å². The third-order valence-corrected chi connectivity index (χ3v) is 2.45. The van der Waals surface area contributed by atoms with Crippen LogP contribution in [0.15, 0.2) is 65.7 Å². The average Bonchev–Trinajstić information content (AvgIpc) is 2.42. The van der Waals surface area contributed by atoms with Gasteiger partial charge in [0.05, 0.1) is 5.69 Å². The van der Waals surface area contributed by atoms with Gasteiger partial charge in [0.25, 0.3) is 0 Å². The van der Waals surface area contributed by atoms with Crippen molar-refractivity contribution in [1.29, 1.82) is 0 Å². The minimum Gasteiger partial charge on any atom is -0.282 e. The van der Waals surface area contributed by atoms with Crippen molar-refractivity contribution in [1.82, 2.24) is 0 Å². The van der Waals surface area contributed by atoms with Crippen LogP contribution in [0, 0.1) is 0 Å². The summed E-state index contributed by atoms with van der Waals surface area (Å²) in [6, 6.07) is 18.9. The molecule has 2 aromatic carbocycles. The smallest absolute Gasteiger partial charge is 0.160 e. The Morgan fingerprint density at radius 1 is 0.944 bits per heavy atom. The lowest BCUT2D eigenvalue weighted by molar-refractivity contribution is 0.312. The molecule has 0 aromatic heterocycles. The highest BCUT2D eigenvalue weighted by molar-refractivity contribution is 6.08. The van der Waals surface area contributed by atoms with E-state index in [0.29, 0.717) is 11.5 Å². The van der Waals surface area contributed by atoms with Crippen LogP contribution in [0.1, 0.15) is 5.56 Å². The Morgan fingerprint density at radius 3 is 1.94 bits per heavy atom. The maximum absolute atomic E-state index is 10.1. The van der Waals surface area contributed by atoms with Gasteiger partial charge in [-0.1, -0.05) is 48.5 Å². The topological polar surface area (TPSA) is 35.8 Å². The van der Waals surface area contributed by atoms with Gasteiger partial charge in [-0.25, -0.2) is 5.06 Å². The molecule has 1 N–H and O–H groups in total. The second kappa shape index (κ2) is 6.79. The first-order valence-electron chi connectivity index (χ1n) is 5.39. The van der Waals surface area contributed by atoms with Gasteiger partial charge < -0.3 is 0 Å². The molecule has 94 valence electrons. The third kappa shape index (κ3) is 3.09. The van der Waals surface area contributed by atoms with Gasteiger partial charge >= 0.3 is 0 Å². The predicted molar refractivity (Wildman–Crippen MR) is 76.9 cm³/mol. The number of hydrogen-bond donors (Lipinski definition) is 1. The molecular formula is C14H15ClN2O. The van der Waals surface area contributed by atoms with E-state index in [9.17, 15) is 5.21 Å². The van der Waals surface area contributed by atoms with Crippen LogP contribution in [0.5, 0.6) is 0 Å². The summed E-state index contributed by atoms with van der Waals surface area (Å²) in [4.78, 5) is 4.13. The first-order valence-corrected chi connectivity index (χ1v) is 5.39. The Bertz CT molecular complexity index is 500. The summed E-state index contributed by atoms with van der Waals surface area (Å²) in [5.74, 6) is 0.525. The number of rotatable bonds is 2. The van der Waals surface area contributed by atoms with E-state index in [-0.39, 0.29) is 12.4 Å². The van der Waals surface area contributed by atoms with Crippen LogP contribution in [0.2, 0.25) is 0 Å². The Kier molecular flexibility index (Phi) is 5.36. The minimum atomic E-state index is 0. The molecule has 0 heterocycles. The van der Waals surface area contributed by atoms with E-state index in [2.05, 4.69) is 4.99 Å². The highest BCUT2D eigenvalue weighted by atomic mass is 35.5. The molecular weight excluding hydrogens is 248 g/mol. The Morgan fingerprint density at radius 2 is 1.44 bits per heavy atom. The highest BCUT2D eigenvalue weighted by Crippen LogP contribution is 2.14. The van der Waals surface area contributed by atoms with Crippen molar-refractivity contribution in [2.24, 2.45) is 4.99 Å². The molecule has 2 aromatic rings. The van der Waals surface area contributed by atoms with Gasteiger partial charge in [0.2, 0.25) is 0 Å². The number of benzene rings is 2. The third-order valence-electron chi connectivity index (χ3n) is 2.45. The van der Waals surface area contributed by atoms with Crippen LogP contribution < -0.4 is 5.06 Å². The van der Waals surface area contributed by atoms with Crippen molar-refractivity contribution >= 4 is 23.9 Å². The van der Waals surface area contributed by atoms with Crippen LogP contribution in [-0.4, -0.2) is 18.1 Å². The van der Waals surface area contributed by atoms with Crippen LogP contribution in [-0.2, 0) is 0 Å². The van der Waals surface area contributed by atoms with Crippen LogP contribution in [0.3, 0.4) is 0 Å². The predicted octanol–water partition coefficient (Wildman–Crippen LogP) is 3.38. The molecule has 0 saturated heterocycles. The zero-order valence-electron chi connectivity index (χ0n) is 10.0. The first-order chi connectivity index (χ1) is 8.33. The summed E-state index contributed by atoms with van der Waals surface area (Å²) in [5.41, 5.74) is 1.57. The van der Waals surface area contributed by atoms with Crippen LogP contribution in [0.25, 0.3) is 0 Å². The molecule has 2 rings (SSSR count). The summed E-state index contributed by atoms with van der Waals surface area (Å²) in [6.07, 6.45) is 0. The zero-order chi connectivity index (χ0) is 12.1. The molecule has 0 aliphatic heterocycles. The van der Waals surface area contributed by atoms with E-state index in [4.69, 9.17) is 0 Å². The van der Waals surface area contributed by atoms with Crippen molar-refractivity contribution in [3.05, 3.63) is 66.2 Å². The second-order valence-corrected chi connectivity index (χ2v) is 3.56. The van der Waals surface area contributed by atoms with Crippen molar-refractivity contribution < 1.29 is 5.21 Å². The molecule has 18 heavy (non-hydrogen) atoms. The lowest BCUT2D eigenvalue weighted by atomic mass is 10.2. The van der Waals surface area contributed by atoms with Crippen molar-refractivity contribution in [3.8, 4) is 0 Å². The summed E-state index contributed by atoms with van der Waals surface area (Å²) in [7, 11) is 1.66. The maximum Gasteiger partial charge on any atom is 0.160 e. The molecule has 0 saturated carbocycles. The Balaban J connectivity index is 0.00000162. The largest absolute Gasteiger partial charge is 0.282 e. The summed E-state index contributed by atoms with van der Waals surface area (Å²) in [6.45, 7) is 0. The Hall–Kier alpha value is -1.84. The van der Waals surface area contributed by atoms with Gasteiger partial charge in [-0.15, -0.1) is 12.4 Å². The monoisotopic (exact) mass is 262 g/mol. The summed E-state index contributed by atoms with van der Waals surface area (Å²) in [5, 5.41) is 11.2. The molecule has 0 aliphatic carbocycles. The fraction of sp³-hybridized carbons (Fsp3) is 0.0714. The van der Waals surface area contributed by atoms with E-state index in [1.54, 1.807) is 7.05 Å². The first kappa shape index (κ1) is 14.2. The standard InChI is InChI=1S/C14H14N2O.ClH/c1-15-14(12-8-4-2-5-9-12)16(17)13-10-6-3-7-11-13;/h2-11,17H,1H3;1H. The number of amidine groups is 1. The number of hydrogen-bond acceptors (Lipinski definition) is 2. The lowest BCUT2D eigenvalue weighted by Gasteiger charge is -2.18. The average molecular weight is 263 g/mol. The number of anilines is 1. The highest BCUT2D eigenvalue weighted by Gasteiger charge is 2.11. The van der Waals surface area contributed by atoms with Gasteiger partial charge in [-0.05, 0) is 12.1 Å². The Labute approximate surface area is 113 Å². The summed E-state index contributed by atoms with van der Waals surface area (Å²) < 4.78 is 0. The number of para-hydroxylation sites is 1. The molecule has 0 radical (unpaired) electrons. The lowest BCUT2D eigenvalue weighted by Crippen LogP contribution is -2.27. The van der Waals surface area contributed by atoms with E-state index in [1.165, 1.54) is 0 Å². The quantitative estimate of drug-likeness (QED) is 0.512. The number of aliphatic imine (C=N–C) groups is 1. The van der Waals surface area contributed by atoms with E-state index < -0.39 is 0 Å². The minimum absolute atomic E-state index is 0. The van der Waals surface area contributed by atoms with Crippen LogP contribution >= 0.6 is 12.4 Å². The zero-order valence-corrected chi connectivity index (χ0v) is 10.8. The second-order valence-electron chi connectivity index (χ2n) is 3.56. The molecule has 0 fully saturated rings. The molecule has 0 spiro atoms. The maximum atomic E-state index is 10.1. The fourth-order valence-corrected chi connectivity index (χ4v) is 1.62. The molecule has 0 amide bonds. The summed E-state index contributed by atoms with van der Waals surface area (Å²) >= 11 is 0. The van der Waals surface area contributed by atoms with E-state index in [1.807, 2.05) is 60.7 Å². The van der Waals surface area contributed by atoms with Gasteiger partial charge in [0.15, 0.2) is 5.84 Å². The van der Waals surface area contributed by atoms with Crippen LogP contribution in [0.4, 0.5) is 5.69 Å². The number of hydroxylamine groups is 1.